The number of nitrogens with two attached hydrogens (primary N) is 1. The van der Waals surface area contributed by atoms with Gasteiger partial charge in [0.2, 0.25) is 0 Å². The van der Waals surface area contributed by atoms with E-state index in [-0.39, 0.29) is 5.97 Å². The van der Waals surface area contributed by atoms with Crippen molar-refractivity contribution in [2.24, 2.45) is 0 Å². The zero-order valence-corrected chi connectivity index (χ0v) is 12.4. The molecule has 0 amide bonds. The van der Waals surface area contributed by atoms with Crippen molar-refractivity contribution in [3.05, 3.63) is 53.6 Å². The lowest BCUT2D eigenvalue weighted by Gasteiger charge is -2.09. The summed E-state index contributed by atoms with van der Waals surface area (Å²) < 4.78 is 4.68. The van der Waals surface area contributed by atoms with Gasteiger partial charge in [-0.1, -0.05) is 18.7 Å². The highest BCUT2D eigenvalue weighted by molar-refractivity contribution is 7.99. The lowest BCUT2D eigenvalue weighted by Crippen LogP contribution is -2.00. The second-order valence-corrected chi connectivity index (χ2v) is 5.45. The Balaban J connectivity index is 2.20. The summed E-state index contributed by atoms with van der Waals surface area (Å²) in [6.45, 7) is 2.11. The predicted octanol–water partition coefficient (Wildman–Crippen LogP) is 3.77. The number of aryl methyl sites for hydroxylation is 1. The van der Waals surface area contributed by atoms with Gasteiger partial charge in [0.1, 0.15) is 0 Å². The number of benzene rings is 2. The molecule has 3 nitrogen and oxygen atoms in total. The number of hydrogen-bond acceptors (Lipinski definition) is 4. The smallest absolute Gasteiger partial charge is 0.337 e. The molecule has 2 N–H and O–H groups in total. The molecule has 0 atom stereocenters. The molecular weight excluding hydrogens is 270 g/mol. The van der Waals surface area contributed by atoms with E-state index in [0.29, 0.717) is 5.56 Å². The SMILES string of the molecule is CCc1cc(N)ccc1Sc1ccc(C(=O)OC)cc1. The topological polar surface area (TPSA) is 52.3 Å². The zero-order valence-electron chi connectivity index (χ0n) is 11.6. The van der Waals surface area contributed by atoms with Gasteiger partial charge in [-0.15, -0.1) is 0 Å². The second kappa shape index (κ2) is 6.48. The highest BCUT2D eigenvalue weighted by Gasteiger charge is 2.07. The fourth-order valence-corrected chi connectivity index (χ4v) is 2.88. The van der Waals surface area contributed by atoms with Gasteiger partial charge in [0.25, 0.3) is 0 Å². The monoisotopic (exact) mass is 287 g/mol. The number of nitrogen functional groups attached to an aromatic ring is 1. The first kappa shape index (κ1) is 14.5. The fourth-order valence-electron chi connectivity index (χ4n) is 1.88. The average Bonchev–Trinajstić information content (AvgIpc) is 2.49. The van der Waals surface area contributed by atoms with Crippen molar-refractivity contribution in [1.29, 1.82) is 0 Å². The van der Waals surface area contributed by atoms with Crippen LogP contribution >= 0.6 is 11.8 Å². The van der Waals surface area contributed by atoms with Crippen LogP contribution < -0.4 is 5.73 Å². The molecule has 0 radical (unpaired) electrons. The van der Waals surface area contributed by atoms with E-state index in [1.165, 1.54) is 17.6 Å². The summed E-state index contributed by atoms with van der Waals surface area (Å²) in [4.78, 5) is 13.6. The maximum atomic E-state index is 11.4. The molecule has 0 bridgehead atoms. The third-order valence-corrected chi connectivity index (χ3v) is 4.09. The second-order valence-electron chi connectivity index (χ2n) is 4.34. The molecule has 4 heteroatoms. The minimum absolute atomic E-state index is 0.316. The molecule has 0 fully saturated rings. The molecule has 2 rings (SSSR count). The van der Waals surface area contributed by atoms with Crippen LogP contribution in [0.15, 0.2) is 52.3 Å². The third-order valence-electron chi connectivity index (χ3n) is 2.97. The summed E-state index contributed by atoms with van der Waals surface area (Å²) in [5, 5.41) is 0. The molecule has 0 aliphatic carbocycles. The van der Waals surface area contributed by atoms with Gasteiger partial charge < -0.3 is 10.5 Å². The van der Waals surface area contributed by atoms with E-state index in [1.54, 1.807) is 23.9 Å². The Hall–Kier alpha value is -1.94. The van der Waals surface area contributed by atoms with Crippen LogP contribution in [0.1, 0.15) is 22.8 Å². The molecule has 20 heavy (non-hydrogen) atoms. The fraction of sp³-hybridized carbons (Fsp3) is 0.188. The largest absolute Gasteiger partial charge is 0.465 e. The van der Waals surface area contributed by atoms with Gasteiger partial charge >= 0.3 is 5.97 Å². The molecule has 0 saturated carbocycles. The van der Waals surface area contributed by atoms with Crippen LogP contribution in [0.4, 0.5) is 5.69 Å². The summed E-state index contributed by atoms with van der Waals surface area (Å²) in [6, 6.07) is 13.3. The van der Waals surface area contributed by atoms with E-state index in [0.717, 1.165) is 17.0 Å². The van der Waals surface area contributed by atoms with Gasteiger partial charge in [0.05, 0.1) is 12.7 Å². The highest BCUT2D eigenvalue weighted by atomic mass is 32.2. The van der Waals surface area contributed by atoms with Gasteiger partial charge in [-0.25, -0.2) is 4.79 Å². The van der Waals surface area contributed by atoms with Crippen molar-refractivity contribution in [1.82, 2.24) is 0 Å². The summed E-state index contributed by atoms with van der Waals surface area (Å²) in [5.41, 5.74) is 8.38. The Morgan fingerprint density at radius 2 is 1.90 bits per heavy atom. The number of carbonyl (C=O) groups excluding carboxylic acids is 1. The molecule has 0 heterocycles. The standard InChI is InChI=1S/C16H17NO2S/c1-3-11-10-13(17)6-9-15(11)20-14-7-4-12(5-8-14)16(18)19-2/h4-10H,3,17H2,1-2H3. The van der Waals surface area contributed by atoms with Crippen molar-refractivity contribution in [3.8, 4) is 0 Å². The summed E-state index contributed by atoms with van der Waals surface area (Å²) >= 11 is 1.67. The molecule has 0 spiro atoms. The molecule has 0 aromatic heterocycles. The number of carbonyl (C=O) groups is 1. The molecule has 0 aliphatic heterocycles. The van der Waals surface area contributed by atoms with Crippen molar-refractivity contribution in [3.63, 3.8) is 0 Å². The first-order valence-electron chi connectivity index (χ1n) is 6.38. The maximum absolute atomic E-state index is 11.4. The van der Waals surface area contributed by atoms with Gasteiger partial charge in [-0.2, -0.15) is 0 Å². The van der Waals surface area contributed by atoms with Crippen molar-refractivity contribution >= 4 is 23.4 Å². The van der Waals surface area contributed by atoms with Crippen LogP contribution in [0.25, 0.3) is 0 Å². The van der Waals surface area contributed by atoms with E-state index in [1.807, 2.05) is 30.3 Å². The summed E-state index contributed by atoms with van der Waals surface area (Å²) in [7, 11) is 1.38. The van der Waals surface area contributed by atoms with Crippen LogP contribution in [0, 0.1) is 0 Å². The van der Waals surface area contributed by atoms with Gasteiger partial charge in [-0.05, 0) is 54.4 Å². The van der Waals surface area contributed by atoms with Crippen molar-refractivity contribution in [2.45, 2.75) is 23.1 Å². The number of rotatable bonds is 4. The average molecular weight is 287 g/mol. The van der Waals surface area contributed by atoms with E-state index < -0.39 is 0 Å². The van der Waals surface area contributed by atoms with E-state index in [4.69, 9.17) is 5.73 Å². The van der Waals surface area contributed by atoms with Crippen LogP contribution in [0.3, 0.4) is 0 Å². The molecular formula is C16H17NO2S. The quantitative estimate of drug-likeness (QED) is 0.687. The minimum atomic E-state index is -0.316. The van der Waals surface area contributed by atoms with Crippen molar-refractivity contribution < 1.29 is 9.53 Å². The molecule has 0 aliphatic rings. The molecule has 2 aromatic carbocycles. The Bertz CT molecular complexity index is 608. The minimum Gasteiger partial charge on any atom is -0.465 e. The number of hydrogen-bond donors (Lipinski definition) is 1. The Kier molecular flexibility index (Phi) is 4.69. The highest BCUT2D eigenvalue weighted by Crippen LogP contribution is 2.32. The molecule has 2 aromatic rings. The van der Waals surface area contributed by atoms with Gasteiger partial charge in [0, 0.05) is 15.5 Å². The summed E-state index contributed by atoms with van der Waals surface area (Å²) in [5.74, 6) is -0.316. The lowest BCUT2D eigenvalue weighted by molar-refractivity contribution is 0.0600. The third kappa shape index (κ3) is 3.33. The number of anilines is 1. The van der Waals surface area contributed by atoms with Crippen LogP contribution in [0.2, 0.25) is 0 Å². The molecule has 104 valence electrons. The Morgan fingerprint density at radius 3 is 2.50 bits per heavy atom. The predicted molar refractivity (Wildman–Crippen MR) is 82.1 cm³/mol. The van der Waals surface area contributed by atoms with Crippen LogP contribution in [0.5, 0.6) is 0 Å². The van der Waals surface area contributed by atoms with E-state index in [9.17, 15) is 4.79 Å². The Morgan fingerprint density at radius 1 is 1.20 bits per heavy atom. The first-order chi connectivity index (χ1) is 9.63. The lowest BCUT2D eigenvalue weighted by atomic mass is 10.1. The number of esters is 1. The van der Waals surface area contributed by atoms with Gasteiger partial charge in [0.15, 0.2) is 0 Å². The Labute approximate surface area is 123 Å². The van der Waals surface area contributed by atoms with Crippen LogP contribution in [-0.2, 0) is 11.2 Å². The normalized spacial score (nSPS) is 10.3. The molecule has 0 saturated heterocycles. The first-order valence-corrected chi connectivity index (χ1v) is 7.20. The van der Waals surface area contributed by atoms with Crippen LogP contribution in [-0.4, -0.2) is 13.1 Å². The van der Waals surface area contributed by atoms with E-state index >= 15 is 0 Å². The number of ether oxygens (including phenoxy) is 1. The van der Waals surface area contributed by atoms with Crippen molar-refractivity contribution in [2.75, 3.05) is 12.8 Å². The zero-order chi connectivity index (χ0) is 14.5. The van der Waals surface area contributed by atoms with Gasteiger partial charge in [-0.3, -0.25) is 0 Å². The van der Waals surface area contributed by atoms with E-state index in [2.05, 4.69) is 11.7 Å². The summed E-state index contributed by atoms with van der Waals surface area (Å²) in [6.07, 6.45) is 0.938. The maximum Gasteiger partial charge on any atom is 0.337 e. The number of methoxy groups -OCH3 is 1. The molecule has 0 unspecified atom stereocenters.